The first-order chi connectivity index (χ1) is 19.4. The van der Waals surface area contributed by atoms with E-state index in [-0.39, 0.29) is 35.0 Å². The number of hydrogen-bond acceptors (Lipinski definition) is 9. The highest BCUT2D eigenvalue weighted by atomic mass is 32.1. The summed E-state index contributed by atoms with van der Waals surface area (Å²) < 4.78 is 20.5. The van der Waals surface area contributed by atoms with Crippen LogP contribution >= 0.6 is 11.3 Å². The molecule has 2 fully saturated rings. The van der Waals surface area contributed by atoms with Crippen LogP contribution in [0.4, 0.5) is 21.0 Å². The Kier molecular flexibility index (Phi) is 6.71. The number of nitrogens with one attached hydrogen (secondary N) is 1. The molecule has 0 unspecified atom stereocenters. The van der Waals surface area contributed by atoms with E-state index in [9.17, 15) is 9.59 Å². The number of nitrogens with zero attached hydrogens (tertiary/aromatic N) is 6. The molecular weight excluding hydrogens is 545 g/mol. The Morgan fingerprint density at radius 3 is 2.56 bits per heavy atom. The molecule has 1 N–H and O–H groups in total. The largest absolute Gasteiger partial charge is 0.444 e. The van der Waals surface area contributed by atoms with E-state index in [2.05, 4.69) is 25.5 Å². The lowest BCUT2D eigenvalue weighted by molar-refractivity contribution is 0.0203. The van der Waals surface area contributed by atoms with Gasteiger partial charge in [0.05, 0.1) is 22.3 Å². The molecule has 0 bridgehead atoms. The minimum Gasteiger partial charge on any atom is -0.444 e. The topological polar surface area (TPSA) is 113 Å². The molecule has 5 heterocycles. The van der Waals surface area contributed by atoms with Crippen LogP contribution in [0.5, 0.6) is 0 Å². The summed E-state index contributed by atoms with van der Waals surface area (Å²) in [7, 11) is 1.83. The van der Waals surface area contributed by atoms with E-state index in [1.807, 2.05) is 40.8 Å². The predicted molar refractivity (Wildman–Crippen MR) is 153 cm³/mol. The van der Waals surface area contributed by atoms with Gasteiger partial charge >= 0.3 is 6.09 Å². The first-order valence-corrected chi connectivity index (χ1v) is 14.8. The van der Waals surface area contributed by atoms with Crippen molar-refractivity contribution in [1.82, 2.24) is 30.0 Å². The van der Waals surface area contributed by atoms with Crippen molar-refractivity contribution in [3.63, 3.8) is 0 Å². The molecule has 0 radical (unpaired) electrons. The van der Waals surface area contributed by atoms with Crippen molar-refractivity contribution >= 4 is 35.1 Å². The first kappa shape index (κ1) is 27.5. The van der Waals surface area contributed by atoms with E-state index in [0.29, 0.717) is 35.9 Å². The number of piperidine rings is 1. The fourth-order valence-corrected chi connectivity index (χ4v) is 7.23. The number of thiophene rings is 1. The van der Waals surface area contributed by atoms with Crippen molar-refractivity contribution in [2.45, 2.75) is 70.3 Å². The number of rotatable bonds is 4. The molecule has 10 nitrogen and oxygen atoms in total. The summed E-state index contributed by atoms with van der Waals surface area (Å²) in [5.74, 6) is 0.268. The lowest BCUT2D eigenvalue weighted by Crippen LogP contribution is -2.41. The van der Waals surface area contributed by atoms with Gasteiger partial charge in [0.2, 0.25) is 5.95 Å². The van der Waals surface area contributed by atoms with Gasteiger partial charge in [0.25, 0.3) is 5.91 Å². The predicted octanol–water partition coefficient (Wildman–Crippen LogP) is 5.42. The van der Waals surface area contributed by atoms with Crippen molar-refractivity contribution in [1.29, 1.82) is 0 Å². The van der Waals surface area contributed by atoms with Gasteiger partial charge in [0, 0.05) is 42.9 Å². The van der Waals surface area contributed by atoms with Crippen molar-refractivity contribution in [3.05, 3.63) is 45.8 Å². The van der Waals surface area contributed by atoms with Crippen LogP contribution in [0, 0.1) is 12.7 Å². The molecular formula is C29H34FN7O3S. The van der Waals surface area contributed by atoms with Gasteiger partial charge in [-0.2, -0.15) is 5.10 Å². The molecule has 3 aromatic rings. The summed E-state index contributed by atoms with van der Waals surface area (Å²) >= 11 is 1.48. The van der Waals surface area contributed by atoms with E-state index >= 15 is 4.39 Å². The Bertz CT molecular complexity index is 1510. The van der Waals surface area contributed by atoms with E-state index in [1.54, 1.807) is 15.9 Å². The van der Waals surface area contributed by atoms with Gasteiger partial charge in [-0.25, -0.2) is 19.2 Å². The minimum atomic E-state index is -0.540. The van der Waals surface area contributed by atoms with Crippen molar-refractivity contribution in [2.75, 3.05) is 32.0 Å². The third-order valence-electron chi connectivity index (χ3n) is 8.03. The highest BCUT2D eigenvalue weighted by Crippen LogP contribution is 2.57. The molecule has 12 heteroatoms. The number of carbonyl (C=O) groups excluding carboxylic acids is 2. The quantitative estimate of drug-likeness (QED) is 0.436. The SMILES string of the molecule is Cc1c(-c2nc(Nc3ccc(C4CCN(C(=O)OC(C)(C)C)CC4)nn3)ncc2F)sc2c1C(=O)N(C)CC21CC1. The molecule has 1 spiro atoms. The van der Waals surface area contributed by atoms with Crippen LogP contribution < -0.4 is 5.32 Å². The molecule has 1 aliphatic carbocycles. The van der Waals surface area contributed by atoms with Gasteiger partial charge in [-0.1, -0.05) is 0 Å². The molecule has 3 aromatic heterocycles. The third-order valence-corrected chi connectivity index (χ3v) is 9.58. The van der Waals surface area contributed by atoms with Crippen LogP contribution in [-0.4, -0.2) is 74.2 Å². The number of halogens is 1. The van der Waals surface area contributed by atoms with Gasteiger partial charge in [-0.05, 0) is 71.1 Å². The molecule has 1 saturated carbocycles. The Morgan fingerprint density at radius 1 is 1.20 bits per heavy atom. The van der Waals surface area contributed by atoms with Gasteiger partial charge in [-0.15, -0.1) is 16.4 Å². The molecule has 216 valence electrons. The van der Waals surface area contributed by atoms with Crippen LogP contribution in [0.25, 0.3) is 10.6 Å². The second kappa shape index (κ2) is 10.0. The van der Waals surface area contributed by atoms with Crippen LogP contribution in [0.2, 0.25) is 0 Å². The van der Waals surface area contributed by atoms with Gasteiger partial charge in [0.15, 0.2) is 11.6 Å². The molecule has 6 rings (SSSR count). The monoisotopic (exact) mass is 579 g/mol. The highest BCUT2D eigenvalue weighted by Gasteiger charge is 2.53. The summed E-state index contributed by atoms with van der Waals surface area (Å²) in [5, 5.41) is 11.7. The summed E-state index contributed by atoms with van der Waals surface area (Å²) in [6, 6.07) is 3.71. The Morgan fingerprint density at radius 2 is 1.93 bits per heavy atom. The number of amides is 2. The lowest BCUT2D eigenvalue weighted by Gasteiger charge is -2.33. The zero-order valence-corrected chi connectivity index (χ0v) is 24.8. The minimum absolute atomic E-state index is 0.0000554. The average molecular weight is 580 g/mol. The number of ether oxygens (including phenoxy) is 1. The highest BCUT2D eigenvalue weighted by molar-refractivity contribution is 7.16. The maximum absolute atomic E-state index is 15.0. The Labute approximate surface area is 242 Å². The molecule has 3 aliphatic rings. The van der Waals surface area contributed by atoms with E-state index in [0.717, 1.165) is 48.0 Å². The number of hydrogen-bond donors (Lipinski definition) is 1. The van der Waals surface area contributed by atoms with Crippen molar-refractivity contribution < 1.29 is 18.7 Å². The molecule has 0 aromatic carbocycles. The second-order valence-corrected chi connectivity index (χ2v) is 13.3. The average Bonchev–Trinajstić information content (AvgIpc) is 3.61. The Hall–Kier alpha value is -3.67. The second-order valence-electron chi connectivity index (χ2n) is 12.3. The van der Waals surface area contributed by atoms with E-state index < -0.39 is 11.4 Å². The maximum atomic E-state index is 15.0. The zero-order valence-electron chi connectivity index (χ0n) is 24.0. The third kappa shape index (κ3) is 5.25. The number of likely N-dealkylation sites (N-methyl/N-ethyl adjacent to an activating group) is 1. The van der Waals surface area contributed by atoms with E-state index in [4.69, 9.17) is 4.74 Å². The fraction of sp³-hybridized carbons (Fsp3) is 0.517. The summed E-state index contributed by atoms with van der Waals surface area (Å²) in [4.78, 5) is 39.2. The normalized spacial score (nSPS) is 18.4. The lowest BCUT2D eigenvalue weighted by atomic mass is 9.92. The van der Waals surface area contributed by atoms with Crippen LogP contribution in [-0.2, 0) is 10.2 Å². The van der Waals surface area contributed by atoms with Gasteiger partial charge < -0.3 is 19.9 Å². The molecule has 0 atom stereocenters. The standard InChI is InChI=1S/C29H34FN7O3S/c1-16-21-24(29(10-11-29)15-36(5)25(21)38)41-23(16)22-18(30)14-31-26(33-22)32-20-7-6-19(34-35-20)17-8-12-37(13-9-17)27(39)40-28(2,3)4/h6-7,14,17H,8-13,15H2,1-5H3,(H,31,32,33,35). The number of fused-ring (bicyclic) bond motifs is 2. The van der Waals surface area contributed by atoms with Gasteiger partial charge in [-0.3, -0.25) is 4.79 Å². The van der Waals surface area contributed by atoms with Gasteiger partial charge in [0.1, 0.15) is 11.3 Å². The number of carbonyl (C=O) groups is 2. The number of anilines is 2. The zero-order chi connectivity index (χ0) is 29.1. The molecule has 41 heavy (non-hydrogen) atoms. The van der Waals surface area contributed by atoms with Crippen molar-refractivity contribution in [3.8, 4) is 10.6 Å². The molecule has 2 amide bonds. The van der Waals surface area contributed by atoms with Crippen molar-refractivity contribution in [2.24, 2.45) is 0 Å². The van der Waals surface area contributed by atoms with Crippen LogP contribution in [0.15, 0.2) is 18.3 Å². The summed E-state index contributed by atoms with van der Waals surface area (Å²) in [6.07, 6.45) is 4.47. The van der Waals surface area contributed by atoms with E-state index in [1.165, 1.54) is 11.3 Å². The smallest absolute Gasteiger partial charge is 0.410 e. The fourth-order valence-electron chi connectivity index (χ4n) is 5.71. The Balaban J connectivity index is 1.15. The maximum Gasteiger partial charge on any atom is 0.410 e. The summed E-state index contributed by atoms with van der Waals surface area (Å²) in [5.41, 5.74) is 1.96. The van der Waals surface area contributed by atoms with Crippen LogP contribution in [0.1, 0.15) is 78.9 Å². The van der Waals surface area contributed by atoms with Crippen LogP contribution in [0.3, 0.4) is 0 Å². The molecule has 1 saturated heterocycles. The summed E-state index contributed by atoms with van der Waals surface area (Å²) in [6.45, 7) is 9.36. The number of aromatic nitrogens is 4. The molecule has 2 aliphatic heterocycles. The first-order valence-electron chi connectivity index (χ1n) is 13.9. The number of likely N-dealkylation sites (tertiary alicyclic amines) is 1.